The van der Waals surface area contributed by atoms with Crippen LogP contribution in [0.3, 0.4) is 0 Å². The van der Waals surface area contributed by atoms with Gasteiger partial charge < -0.3 is 14.2 Å². The van der Waals surface area contributed by atoms with Crippen LogP contribution in [-0.4, -0.2) is 6.71 Å². The number of rotatable bonds is 5. The van der Waals surface area contributed by atoms with Crippen molar-refractivity contribution in [1.82, 2.24) is 0 Å². The van der Waals surface area contributed by atoms with Crippen molar-refractivity contribution < 1.29 is 4.42 Å². The number of benzene rings is 7. The summed E-state index contributed by atoms with van der Waals surface area (Å²) in [7, 11) is 0. The zero-order chi connectivity index (χ0) is 52.4. The first-order valence-electron chi connectivity index (χ1n) is 26.8. The Balaban J connectivity index is 1.36. The highest BCUT2D eigenvalue weighted by Gasteiger charge is 2.48. The van der Waals surface area contributed by atoms with Crippen LogP contribution in [0, 0.1) is 11.8 Å². The third-order valence-corrected chi connectivity index (χ3v) is 15.5. The maximum Gasteiger partial charge on any atom is 0.252 e. The van der Waals surface area contributed by atoms with Crippen molar-refractivity contribution in [3.8, 4) is 11.8 Å². The normalized spacial score (nSPS) is 14.6. The summed E-state index contributed by atoms with van der Waals surface area (Å²) in [5, 5.41) is 2.20. The first-order chi connectivity index (χ1) is 34.9. The highest BCUT2D eigenvalue weighted by Crippen LogP contribution is 2.54. The summed E-state index contributed by atoms with van der Waals surface area (Å²) in [6.45, 7) is 35.1. The third-order valence-electron chi connectivity index (χ3n) is 15.5. The average molecular weight is 970 g/mol. The number of allylic oxidation sites excluding steroid dienone is 4. The summed E-state index contributed by atoms with van der Waals surface area (Å²) >= 11 is 0. The molecule has 372 valence electrons. The second-order valence-corrected chi connectivity index (χ2v) is 26.0. The first kappa shape index (κ1) is 49.1. The number of furan rings is 1. The monoisotopic (exact) mass is 970 g/mol. The van der Waals surface area contributed by atoms with Gasteiger partial charge in [-0.05, 0) is 108 Å². The van der Waals surface area contributed by atoms with Crippen LogP contribution in [0.5, 0.6) is 0 Å². The van der Waals surface area contributed by atoms with E-state index < -0.39 is 0 Å². The minimum atomic E-state index is -0.192. The molecule has 0 radical (unpaired) electrons. The Labute approximate surface area is 441 Å². The number of hydrogen-bond donors (Lipinski definition) is 0. The van der Waals surface area contributed by atoms with Crippen molar-refractivity contribution in [1.29, 1.82) is 0 Å². The predicted molar refractivity (Wildman–Crippen MR) is 319 cm³/mol. The Hall–Kier alpha value is -7.16. The fourth-order valence-corrected chi connectivity index (χ4v) is 12.1. The van der Waals surface area contributed by atoms with E-state index in [1.54, 1.807) is 0 Å². The Morgan fingerprint density at radius 2 is 0.919 bits per heavy atom. The molecule has 0 fully saturated rings. The second-order valence-electron chi connectivity index (χ2n) is 26.0. The van der Waals surface area contributed by atoms with Gasteiger partial charge >= 0.3 is 0 Å². The molecule has 0 saturated heterocycles. The van der Waals surface area contributed by atoms with Gasteiger partial charge in [0.25, 0.3) is 6.71 Å². The van der Waals surface area contributed by atoms with Gasteiger partial charge in [0.15, 0.2) is 5.58 Å². The lowest BCUT2D eigenvalue weighted by Gasteiger charge is -2.48. The summed E-state index contributed by atoms with van der Waals surface area (Å²) in [5.74, 6) is 7.22. The predicted octanol–water partition coefficient (Wildman–Crippen LogP) is 17.1. The van der Waals surface area contributed by atoms with Crippen molar-refractivity contribution in [2.45, 2.75) is 137 Å². The standard InChI is InChI=1S/C69H72BN3O/c1-65(2,3)48-32-20-22-39-55(48)72-58-42-45(71(44-28-18-16-17-19-29-44)57-41-25-31-47-46-30-24-36-52(69(13,14)15)63(46)74-64(47)57)43-59-60(58)70(53-37-26-34-50(61(53)72)67(7,8)9)54-38-27-35-51(68(10,11)12)62(54)73(59)56-40-23-21-33-49(56)66(4,5)6/h16,18,20-28,30-43H,17H2,1-15H3. The molecule has 0 atom stereocenters. The van der Waals surface area contributed by atoms with E-state index in [-0.39, 0.29) is 33.8 Å². The largest absolute Gasteiger partial charge is 0.454 e. The zero-order valence-electron chi connectivity index (χ0n) is 46.5. The minimum Gasteiger partial charge on any atom is -0.454 e. The van der Waals surface area contributed by atoms with Gasteiger partial charge in [0.2, 0.25) is 0 Å². The highest BCUT2D eigenvalue weighted by molar-refractivity contribution is 7.00. The number of anilines is 8. The maximum atomic E-state index is 7.29. The molecule has 8 aromatic rings. The van der Waals surface area contributed by atoms with Gasteiger partial charge in [-0.3, -0.25) is 4.90 Å². The van der Waals surface area contributed by atoms with E-state index >= 15 is 0 Å². The Bertz CT molecular complexity index is 3560. The van der Waals surface area contributed by atoms with E-state index in [9.17, 15) is 0 Å². The lowest BCUT2D eigenvalue weighted by Crippen LogP contribution is -2.62. The molecule has 3 heterocycles. The van der Waals surface area contributed by atoms with E-state index in [0.717, 1.165) is 50.4 Å². The quantitative estimate of drug-likeness (QED) is 0.127. The molecule has 0 N–H and O–H groups in total. The van der Waals surface area contributed by atoms with E-state index in [2.05, 4.69) is 282 Å². The summed E-state index contributed by atoms with van der Waals surface area (Å²) < 4.78 is 7.29. The van der Waals surface area contributed by atoms with E-state index in [4.69, 9.17) is 4.42 Å². The molecule has 5 heteroatoms. The maximum absolute atomic E-state index is 7.29. The fraction of sp³-hybridized carbons (Fsp3) is 0.304. The van der Waals surface area contributed by atoms with Crippen molar-refractivity contribution in [2.75, 3.05) is 14.7 Å². The number of hydrogen-bond acceptors (Lipinski definition) is 4. The first-order valence-corrected chi connectivity index (χ1v) is 26.8. The average Bonchev–Trinajstić information content (AvgIpc) is 3.54. The second kappa shape index (κ2) is 17.2. The van der Waals surface area contributed by atoms with Gasteiger partial charge in [0.05, 0.1) is 17.1 Å². The van der Waals surface area contributed by atoms with Crippen LogP contribution in [-0.2, 0) is 27.1 Å². The number of nitrogens with zero attached hydrogens (tertiary/aromatic N) is 3. The molecule has 1 aliphatic carbocycles. The molecule has 2 aliphatic heterocycles. The van der Waals surface area contributed by atoms with Gasteiger partial charge in [0, 0.05) is 56.9 Å². The van der Waals surface area contributed by atoms with Gasteiger partial charge in [0.1, 0.15) is 5.58 Å². The molecule has 7 aromatic carbocycles. The summed E-state index contributed by atoms with van der Waals surface area (Å²) in [6, 6.07) is 50.7. The highest BCUT2D eigenvalue weighted by atomic mass is 16.3. The van der Waals surface area contributed by atoms with Crippen molar-refractivity contribution >= 4 is 90.5 Å². The molecule has 1 aromatic heterocycles. The molecule has 0 bridgehead atoms. The molecule has 11 rings (SSSR count). The molecular weight excluding hydrogens is 898 g/mol. The summed E-state index contributed by atoms with van der Waals surface area (Å²) in [5.41, 5.74) is 21.2. The van der Waals surface area contributed by atoms with Crippen LogP contribution in [0.25, 0.3) is 21.9 Å². The molecule has 4 nitrogen and oxygen atoms in total. The van der Waals surface area contributed by atoms with Crippen molar-refractivity contribution in [2.24, 2.45) is 0 Å². The Kier molecular flexibility index (Phi) is 11.4. The zero-order valence-corrected chi connectivity index (χ0v) is 46.5. The SMILES string of the molecule is CC(C)(C)c1ccccc1N1c2cc(N(C3=CC=CCC#C3)c3cccc4c3oc3c(C(C)(C)C)cccc34)cc3c2B(c2cccc(C(C)(C)C)c21)c1cccc(C(C)(C)C)c1N3c1ccccc1C(C)(C)C. The van der Waals surface area contributed by atoms with E-state index in [1.807, 2.05) is 0 Å². The molecule has 74 heavy (non-hydrogen) atoms. The van der Waals surface area contributed by atoms with Crippen LogP contribution in [0.4, 0.5) is 45.5 Å². The molecule has 0 amide bonds. The van der Waals surface area contributed by atoms with Crippen LogP contribution in [0.2, 0.25) is 0 Å². The number of para-hydroxylation sites is 6. The van der Waals surface area contributed by atoms with Crippen LogP contribution >= 0.6 is 0 Å². The van der Waals surface area contributed by atoms with E-state index in [1.165, 1.54) is 67.0 Å². The molecular formula is C69H72BN3O. The molecule has 0 unspecified atom stereocenters. The van der Waals surface area contributed by atoms with Gasteiger partial charge in [-0.15, -0.1) is 0 Å². The Morgan fingerprint density at radius 3 is 1.43 bits per heavy atom. The van der Waals surface area contributed by atoms with Crippen molar-refractivity contribution in [3.63, 3.8) is 0 Å². The number of fused-ring (bicyclic) bond motifs is 7. The molecule has 0 spiro atoms. The lowest BCUT2D eigenvalue weighted by atomic mass is 9.33. The minimum absolute atomic E-state index is 0.0809. The summed E-state index contributed by atoms with van der Waals surface area (Å²) in [6.07, 6.45) is 7.17. The topological polar surface area (TPSA) is 22.9 Å². The van der Waals surface area contributed by atoms with Gasteiger partial charge in [-0.1, -0.05) is 225 Å². The molecule has 3 aliphatic rings. The summed E-state index contributed by atoms with van der Waals surface area (Å²) in [4.78, 5) is 7.71. The third kappa shape index (κ3) is 7.99. The molecule has 0 saturated carbocycles. The van der Waals surface area contributed by atoms with Gasteiger partial charge in [-0.2, -0.15) is 0 Å². The van der Waals surface area contributed by atoms with Gasteiger partial charge in [-0.25, -0.2) is 0 Å². The van der Waals surface area contributed by atoms with Crippen molar-refractivity contribution in [3.05, 3.63) is 185 Å². The van der Waals surface area contributed by atoms with Crippen LogP contribution in [0.15, 0.2) is 162 Å². The van der Waals surface area contributed by atoms with Crippen LogP contribution < -0.4 is 31.1 Å². The van der Waals surface area contributed by atoms with Crippen LogP contribution in [0.1, 0.15) is 138 Å². The smallest absolute Gasteiger partial charge is 0.252 e. The lowest BCUT2D eigenvalue weighted by molar-refractivity contribution is 0.573. The Morgan fingerprint density at radius 1 is 0.473 bits per heavy atom. The van der Waals surface area contributed by atoms with E-state index in [0.29, 0.717) is 6.42 Å². The fourth-order valence-electron chi connectivity index (χ4n) is 12.1.